The molecule has 0 aromatic heterocycles. The first kappa shape index (κ1) is 19.2. The van der Waals surface area contributed by atoms with Gasteiger partial charge in [-0.05, 0) is 53.9 Å². The predicted molar refractivity (Wildman–Crippen MR) is 107 cm³/mol. The molecule has 5 heteroatoms. The standard InChI is InChI=1S/C23H21NO4/c25-22(24-15-14-17-4-2-1-3-5-17)19-10-12-21(13-11-19)28-16-18-6-8-20(9-7-18)23(26)27/h1-13H,14-16H2,(H,24,25)(H,26,27). The van der Waals surface area contributed by atoms with Gasteiger partial charge in [-0.1, -0.05) is 42.5 Å². The number of nitrogens with one attached hydrogen (secondary N) is 1. The van der Waals surface area contributed by atoms with Crippen molar-refractivity contribution < 1.29 is 19.4 Å². The second kappa shape index (κ2) is 9.37. The van der Waals surface area contributed by atoms with Crippen LogP contribution in [0, 0.1) is 0 Å². The van der Waals surface area contributed by atoms with Crippen molar-refractivity contribution in [2.24, 2.45) is 0 Å². The van der Waals surface area contributed by atoms with E-state index < -0.39 is 5.97 Å². The molecule has 0 bridgehead atoms. The van der Waals surface area contributed by atoms with Crippen LogP contribution in [0.4, 0.5) is 0 Å². The van der Waals surface area contributed by atoms with Gasteiger partial charge in [0.05, 0.1) is 5.56 Å². The molecule has 2 N–H and O–H groups in total. The summed E-state index contributed by atoms with van der Waals surface area (Å²) in [7, 11) is 0. The zero-order valence-electron chi connectivity index (χ0n) is 15.3. The third-order valence-corrected chi connectivity index (χ3v) is 4.26. The molecule has 0 aliphatic rings. The van der Waals surface area contributed by atoms with E-state index in [2.05, 4.69) is 5.32 Å². The largest absolute Gasteiger partial charge is 0.489 e. The molecule has 0 aliphatic heterocycles. The van der Waals surface area contributed by atoms with E-state index in [0.29, 0.717) is 24.5 Å². The number of amides is 1. The number of carbonyl (C=O) groups excluding carboxylic acids is 1. The summed E-state index contributed by atoms with van der Waals surface area (Å²) in [5.74, 6) is -0.431. The number of rotatable bonds is 8. The van der Waals surface area contributed by atoms with Crippen LogP contribution in [0.15, 0.2) is 78.9 Å². The fourth-order valence-corrected chi connectivity index (χ4v) is 2.68. The smallest absolute Gasteiger partial charge is 0.335 e. The molecule has 0 radical (unpaired) electrons. The lowest BCUT2D eigenvalue weighted by Crippen LogP contribution is -2.25. The van der Waals surface area contributed by atoms with Gasteiger partial charge in [-0.2, -0.15) is 0 Å². The molecule has 3 aromatic carbocycles. The van der Waals surface area contributed by atoms with Crippen LogP contribution in [0.3, 0.4) is 0 Å². The van der Waals surface area contributed by atoms with Crippen molar-refractivity contribution in [2.45, 2.75) is 13.0 Å². The molecule has 3 aromatic rings. The van der Waals surface area contributed by atoms with Crippen LogP contribution in [0.2, 0.25) is 0 Å². The number of carbonyl (C=O) groups is 2. The molecule has 142 valence electrons. The summed E-state index contributed by atoms with van der Waals surface area (Å²) >= 11 is 0. The maximum Gasteiger partial charge on any atom is 0.335 e. The molecule has 0 unspecified atom stereocenters. The van der Waals surface area contributed by atoms with E-state index >= 15 is 0 Å². The van der Waals surface area contributed by atoms with E-state index in [9.17, 15) is 9.59 Å². The molecule has 0 saturated heterocycles. The van der Waals surface area contributed by atoms with Crippen LogP contribution in [-0.4, -0.2) is 23.5 Å². The number of carboxylic acid groups (broad SMARTS) is 1. The SMILES string of the molecule is O=C(O)c1ccc(COc2ccc(C(=O)NCCc3ccccc3)cc2)cc1. The van der Waals surface area contributed by atoms with Gasteiger partial charge in [-0.25, -0.2) is 4.79 Å². The maximum atomic E-state index is 12.2. The predicted octanol–water partition coefficient (Wildman–Crippen LogP) is 3.94. The van der Waals surface area contributed by atoms with Crippen LogP contribution in [-0.2, 0) is 13.0 Å². The lowest BCUT2D eigenvalue weighted by molar-refractivity contribution is 0.0696. The highest BCUT2D eigenvalue weighted by atomic mass is 16.5. The van der Waals surface area contributed by atoms with Crippen molar-refractivity contribution >= 4 is 11.9 Å². The molecule has 28 heavy (non-hydrogen) atoms. The summed E-state index contributed by atoms with van der Waals surface area (Å²) in [4.78, 5) is 23.1. The van der Waals surface area contributed by atoms with E-state index in [0.717, 1.165) is 12.0 Å². The lowest BCUT2D eigenvalue weighted by atomic mass is 10.1. The Balaban J connectivity index is 1.47. The van der Waals surface area contributed by atoms with Gasteiger partial charge in [0, 0.05) is 12.1 Å². The molecule has 0 spiro atoms. The summed E-state index contributed by atoms with van der Waals surface area (Å²) in [6.07, 6.45) is 0.786. The Morgan fingerprint density at radius 2 is 1.43 bits per heavy atom. The van der Waals surface area contributed by atoms with Gasteiger partial charge in [-0.15, -0.1) is 0 Å². The van der Waals surface area contributed by atoms with Crippen LogP contribution in [0.25, 0.3) is 0 Å². The number of carboxylic acids is 1. The topological polar surface area (TPSA) is 75.6 Å². The molecule has 0 fully saturated rings. The monoisotopic (exact) mass is 375 g/mol. The molecular weight excluding hydrogens is 354 g/mol. The normalized spacial score (nSPS) is 10.3. The van der Waals surface area contributed by atoms with Gasteiger partial charge in [0.15, 0.2) is 0 Å². The van der Waals surface area contributed by atoms with Crippen molar-refractivity contribution in [2.75, 3.05) is 6.54 Å². The van der Waals surface area contributed by atoms with Crippen LogP contribution < -0.4 is 10.1 Å². The number of ether oxygens (including phenoxy) is 1. The minimum atomic E-state index is -0.954. The molecule has 0 heterocycles. The number of hydrogen-bond acceptors (Lipinski definition) is 3. The average Bonchev–Trinajstić information content (AvgIpc) is 2.73. The van der Waals surface area contributed by atoms with E-state index in [1.165, 1.54) is 5.56 Å². The van der Waals surface area contributed by atoms with Crippen LogP contribution >= 0.6 is 0 Å². The zero-order valence-corrected chi connectivity index (χ0v) is 15.3. The molecular formula is C23H21NO4. The number of hydrogen-bond donors (Lipinski definition) is 2. The molecule has 0 aliphatic carbocycles. The number of benzene rings is 3. The zero-order chi connectivity index (χ0) is 19.8. The molecule has 0 atom stereocenters. The quantitative estimate of drug-likeness (QED) is 0.625. The third-order valence-electron chi connectivity index (χ3n) is 4.26. The second-order valence-electron chi connectivity index (χ2n) is 6.31. The van der Waals surface area contributed by atoms with Crippen molar-refractivity contribution in [3.05, 3.63) is 101 Å². The minimum Gasteiger partial charge on any atom is -0.489 e. The Hall–Kier alpha value is -3.60. The van der Waals surface area contributed by atoms with Crippen molar-refractivity contribution in [1.29, 1.82) is 0 Å². The van der Waals surface area contributed by atoms with Gasteiger partial charge in [0.25, 0.3) is 5.91 Å². The van der Waals surface area contributed by atoms with Gasteiger partial charge >= 0.3 is 5.97 Å². The van der Waals surface area contributed by atoms with E-state index in [1.54, 1.807) is 48.5 Å². The Kier molecular flexibility index (Phi) is 6.41. The molecule has 0 saturated carbocycles. The van der Waals surface area contributed by atoms with Crippen molar-refractivity contribution in [1.82, 2.24) is 5.32 Å². The van der Waals surface area contributed by atoms with Gasteiger partial charge in [0.2, 0.25) is 0 Å². The Morgan fingerprint density at radius 1 is 0.786 bits per heavy atom. The van der Waals surface area contributed by atoms with Crippen molar-refractivity contribution in [3.63, 3.8) is 0 Å². The third kappa shape index (κ3) is 5.45. The molecule has 1 amide bonds. The van der Waals surface area contributed by atoms with E-state index in [4.69, 9.17) is 9.84 Å². The Bertz CT molecular complexity index is 919. The lowest BCUT2D eigenvalue weighted by Gasteiger charge is -2.08. The van der Waals surface area contributed by atoms with Gasteiger partial charge in [0.1, 0.15) is 12.4 Å². The summed E-state index contributed by atoms with van der Waals surface area (Å²) in [6, 6.07) is 23.5. The van der Waals surface area contributed by atoms with Gasteiger partial charge in [-0.3, -0.25) is 4.79 Å². The second-order valence-corrected chi connectivity index (χ2v) is 6.31. The Morgan fingerprint density at radius 3 is 2.07 bits per heavy atom. The first-order valence-corrected chi connectivity index (χ1v) is 8.99. The number of aromatic carboxylic acids is 1. The highest BCUT2D eigenvalue weighted by Crippen LogP contribution is 2.15. The summed E-state index contributed by atoms with van der Waals surface area (Å²) < 4.78 is 5.69. The van der Waals surface area contributed by atoms with Crippen LogP contribution in [0.1, 0.15) is 31.8 Å². The van der Waals surface area contributed by atoms with Crippen molar-refractivity contribution in [3.8, 4) is 5.75 Å². The fraction of sp³-hybridized carbons (Fsp3) is 0.130. The average molecular weight is 375 g/mol. The fourth-order valence-electron chi connectivity index (χ4n) is 2.68. The summed E-state index contributed by atoms with van der Waals surface area (Å²) in [6.45, 7) is 0.899. The minimum absolute atomic E-state index is 0.119. The molecule has 3 rings (SSSR count). The van der Waals surface area contributed by atoms with Gasteiger partial charge < -0.3 is 15.2 Å². The van der Waals surface area contributed by atoms with Crippen LogP contribution in [0.5, 0.6) is 5.75 Å². The Labute approximate surface area is 163 Å². The highest BCUT2D eigenvalue weighted by molar-refractivity contribution is 5.94. The first-order chi connectivity index (χ1) is 13.6. The summed E-state index contributed by atoms with van der Waals surface area (Å²) in [5.41, 5.74) is 2.87. The molecule has 5 nitrogen and oxygen atoms in total. The van der Waals surface area contributed by atoms with E-state index in [1.807, 2.05) is 30.3 Å². The highest BCUT2D eigenvalue weighted by Gasteiger charge is 2.06. The summed E-state index contributed by atoms with van der Waals surface area (Å²) in [5, 5.41) is 11.8. The maximum absolute atomic E-state index is 12.2. The first-order valence-electron chi connectivity index (χ1n) is 8.99. The van der Waals surface area contributed by atoms with E-state index in [-0.39, 0.29) is 11.5 Å².